The van der Waals surface area contributed by atoms with E-state index in [1.807, 2.05) is 0 Å². The number of unbranched alkanes of at least 4 members (excludes halogenated alkanes) is 41. The van der Waals surface area contributed by atoms with Crippen molar-refractivity contribution < 1.29 is 80.2 Å². The molecule has 2 unspecified atom stereocenters. The highest BCUT2D eigenvalue weighted by molar-refractivity contribution is 7.47. The van der Waals surface area contributed by atoms with E-state index >= 15 is 0 Å². The van der Waals surface area contributed by atoms with E-state index in [2.05, 4.69) is 41.5 Å². The van der Waals surface area contributed by atoms with Crippen molar-refractivity contribution in [1.82, 2.24) is 0 Å². The molecule has 19 heteroatoms. The molecule has 0 bridgehead atoms. The Bertz CT molecular complexity index is 1770. The quantitative estimate of drug-likeness (QED) is 0.0222. The van der Waals surface area contributed by atoms with Crippen LogP contribution in [0.3, 0.4) is 0 Å². The zero-order valence-corrected chi connectivity index (χ0v) is 60.9. The summed E-state index contributed by atoms with van der Waals surface area (Å²) >= 11 is 0. The number of phosphoric ester groups is 2. The highest BCUT2D eigenvalue weighted by Crippen LogP contribution is 2.45. The van der Waals surface area contributed by atoms with Crippen LogP contribution in [-0.4, -0.2) is 96.7 Å². The summed E-state index contributed by atoms with van der Waals surface area (Å²) in [6.07, 6.45) is 49.8. The lowest BCUT2D eigenvalue weighted by Gasteiger charge is -2.21. The van der Waals surface area contributed by atoms with Crippen LogP contribution >= 0.6 is 15.6 Å². The predicted molar refractivity (Wildman–Crippen MR) is 368 cm³/mol. The lowest BCUT2D eigenvalue weighted by molar-refractivity contribution is -0.161. The molecular weight excluding hydrogens is 1200 g/mol. The van der Waals surface area contributed by atoms with E-state index < -0.39 is 97.5 Å². The van der Waals surface area contributed by atoms with E-state index in [9.17, 15) is 43.2 Å². The van der Waals surface area contributed by atoms with E-state index in [4.69, 9.17) is 37.0 Å². The molecule has 0 aliphatic rings. The van der Waals surface area contributed by atoms with Crippen molar-refractivity contribution in [2.45, 2.75) is 387 Å². The first-order valence-electron chi connectivity index (χ1n) is 37.5. The maximum absolute atomic E-state index is 13.0. The van der Waals surface area contributed by atoms with E-state index in [-0.39, 0.29) is 25.7 Å². The molecular formula is C72H140O17P2. The molecule has 0 radical (unpaired) electrons. The molecule has 0 aromatic heterocycles. The van der Waals surface area contributed by atoms with Crippen LogP contribution in [0.5, 0.6) is 0 Å². The van der Waals surface area contributed by atoms with E-state index in [1.54, 1.807) is 0 Å². The van der Waals surface area contributed by atoms with Crippen molar-refractivity contribution in [1.29, 1.82) is 0 Å². The average Bonchev–Trinajstić information content (AvgIpc) is 3.73. The van der Waals surface area contributed by atoms with Gasteiger partial charge in [0, 0.05) is 25.7 Å². The van der Waals surface area contributed by atoms with E-state index in [1.165, 1.54) is 186 Å². The minimum absolute atomic E-state index is 0.107. The second-order valence-electron chi connectivity index (χ2n) is 26.9. The van der Waals surface area contributed by atoms with Crippen LogP contribution in [0, 0.1) is 11.8 Å². The Morgan fingerprint density at radius 1 is 0.297 bits per heavy atom. The lowest BCUT2D eigenvalue weighted by Crippen LogP contribution is -2.30. The number of esters is 4. The van der Waals surface area contributed by atoms with Crippen LogP contribution in [-0.2, 0) is 65.4 Å². The summed E-state index contributed by atoms with van der Waals surface area (Å²) in [6.45, 7) is 9.56. The summed E-state index contributed by atoms with van der Waals surface area (Å²) in [5, 5.41) is 10.6. The van der Waals surface area contributed by atoms with Crippen LogP contribution in [0.2, 0.25) is 0 Å². The molecule has 0 saturated heterocycles. The second kappa shape index (κ2) is 64.1. The number of phosphoric acid groups is 2. The first-order chi connectivity index (χ1) is 43.9. The zero-order valence-electron chi connectivity index (χ0n) is 59.1. The summed E-state index contributed by atoms with van der Waals surface area (Å²) in [5.74, 6) is -0.581. The normalized spacial score (nSPS) is 14.1. The van der Waals surface area contributed by atoms with Gasteiger partial charge in [0.05, 0.1) is 26.4 Å². The van der Waals surface area contributed by atoms with Gasteiger partial charge in [-0.2, -0.15) is 0 Å². The highest BCUT2D eigenvalue weighted by atomic mass is 31.2. The standard InChI is InChI=1S/C72H140O17P2/c1-7-9-11-13-15-17-19-25-31-38-44-50-56-71(76)88-67(60-82-69(74)54-48-42-36-30-18-16-14-12-10-8-2)62-86-90(78,79)84-58-66(73)59-85-91(80,81)87-63-68(61-83-70(75)55-49-43-37-33-27-29-35-41-47-53-65(5)6)89-72(77)57-51-45-39-32-26-23-21-20-22-24-28-34-40-46-52-64(3)4/h64-68,73H,7-63H2,1-6H3,(H,78,79)(H,80,81)/t66-,67+,68+/m0/s1. The SMILES string of the molecule is CCCCCCCCCCCCCCC(=O)O[C@H](COC(=O)CCCCCCCCCCCC)COP(=O)(O)OC[C@H](O)COP(=O)(O)OC[C@@H](COC(=O)CCCCCCCCCCCC(C)C)OC(=O)CCCCCCCCCCCCCCCCC(C)C. The molecule has 0 spiro atoms. The molecule has 3 N–H and O–H groups in total. The largest absolute Gasteiger partial charge is 0.472 e. The summed E-state index contributed by atoms with van der Waals surface area (Å²) in [4.78, 5) is 72.6. The Morgan fingerprint density at radius 2 is 0.505 bits per heavy atom. The fourth-order valence-corrected chi connectivity index (χ4v) is 12.5. The summed E-state index contributed by atoms with van der Waals surface area (Å²) in [5.41, 5.74) is 0. The molecule has 0 aromatic rings. The predicted octanol–water partition coefficient (Wildman–Crippen LogP) is 20.8. The van der Waals surface area contributed by atoms with Gasteiger partial charge in [-0.3, -0.25) is 37.3 Å². The van der Waals surface area contributed by atoms with Crippen molar-refractivity contribution in [3.8, 4) is 0 Å². The molecule has 0 aromatic carbocycles. The Labute approximate surface area is 556 Å². The first-order valence-corrected chi connectivity index (χ1v) is 40.5. The smallest absolute Gasteiger partial charge is 0.462 e. The minimum atomic E-state index is -4.95. The third-order valence-electron chi connectivity index (χ3n) is 16.7. The van der Waals surface area contributed by atoms with Crippen molar-refractivity contribution in [3.05, 3.63) is 0 Å². The summed E-state index contributed by atoms with van der Waals surface area (Å²) < 4.78 is 68.4. The molecule has 0 aliphatic heterocycles. The number of aliphatic hydroxyl groups is 1. The number of ether oxygens (including phenoxy) is 4. The third-order valence-corrected chi connectivity index (χ3v) is 18.6. The maximum atomic E-state index is 13.0. The Morgan fingerprint density at radius 3 is 0.747 bits per heavy atom. The van der Waals surface area contributed by atoms with E-state index in [0.29, 0.717) is 25.7 Å². The van der Waals surface area contributed by atoms with Gasteiger partial charge in [-0.1, -0.05) is 318 Å². The molecule has 0 heterocycles. The van der Waals surface area contributed by atoms with Gasteiger partial charge in [-0.25, -0.2) is 9.13 Å². The number of carbonyl (C=O) groups excluding carboxylic acids is 4. The van der Waals surface area contributed by atoms with Gasteiger partial charge in [0.2, 0.25) is 0 Å². The van der Waals surface area contributed by atoms with Crippen molar-refractivity contribution in [2.75, 3.05) is 39.6 Å². The van der Waals surface area contributed by atoms with Gasteiger partial charge < -0.3 is 33.8 Å². The number of carbonyl (C=O) groups is 4. The Balaban J connectivity index is 5.24. The number of hydrogen-bond acceptors (Lipinski definition) is 15. The second-order valence-corrected chi connectivity index (χ2v) is 29.8. The van der Waals surface area contributed by atoms with Gasteiger partial charge >= 0.3 is 39.5 Å². The van der Waals surface area contributed by atoms with Gasteiger partial charge in [0.1, 0.15) is 19.3 Å². The maximum Gasteiger partial charge on any atom is 0.472 e. The fourth-order valence-electron chi connectivity index (χ4n) is 10.9. The van der Waals surface area contributed by atoms with Crippen molar-refractivity contribution in [3.63, 3.8) is 0 Å². The van der Waals surface area contributed by atoms with Gasteiger partial charge in [-0.05, 0) is 37.5 Å². The number of hydrogen-bond donors (Lipinski definition) is 3. The number of rotatable bonds is 71. The van der Waals surface area contributed by atoms with Crippen LogP contribution in [0.15, 0.2) is 0 Å². The molecule has 0 fully saturated rings. The van der Waals surface area contributed by atoms with Crippen LogP contribution in [0.4, 0.5) is 0 Å². The van der Waals surface area contributed by atoms with Crippen molar-refractivity contribution in [2.24, 2.45) is 11.8 Å². The van der Waals surface area contributed by atoms with Crippen molar-refractivity contribution >= 4 is 39.5 Å². The van der Waals surface area contributed by atoms with Crippen LogP contribution in [0.1, 0.15) is 369 Å². The summed E-state index contributed by atoms with van der Waals surface area (Å²) in [7, 11) is -9.90. The first kappa shape index (κ1) is 89.1. The van der Waals surface area contributed by atoms with E-state index in [0.717, 1.165) is 102 Å². The molecule has 0 rings (SSSR count). The molecule has 5 atom stereocenters. The van der Waals surface area contributed by atoms with Crippen LogP contribution in [0.25, 0.3) is 0 Å². The minimum Gasteiger partial charge on any atom is -0.462 e. The Hall–Kier alpha value is -1.94. The van der Waals surface area contributed by atoms with Gasteiger partial charge in [0.25, 0.3) is 0 Å². The monoisotopic (exact) mass is 1340 g/mol. The summed E-state index contributed by atoms with van der Waals surface area (Å²) in [6, 6.07) is 0. The molecule has 540 valence electrons. The third kappa shape index (κ3) is 66.5. The highest BCUT2D eigenvalue weighted by Gasteiger charge is 2.30. The molecule has 0 saturated carbocycles. The Kier molecular flexibility index (Phi) is 62.7. The van der Waals surface area contributed by atoms with Gasteiger partial charge in [-0.15, -0.1) is 0 Å². The van der Waals surface area contributed by atoms with Crippen LogP contribution < -0.4 is 0 Å². The number of aliphatic hydroxyl groups excluding tert-OH is 1. The molecule has 0 aliphatic carbocycles. The molecule has 91 heavy (non-hydrogen) atoms. The van der Waals surface area contributed by atoms with Gasteiger partial charge in [0.15, 0.2) is 12.2 Å². The molecule has 17 nitrogen and oxygen atoms in total. The topological polar surface area (TPSA) is 237 Å². The lowest BCUT2D eigenvalue weighted by atomic mass is 10.0. The average molecular weight is 1340 g/mol. The zero-order chi connectivity index (χ0) is 67.2. The molecule has 0 amide bonds. The fraction of sp³-hybridized carbons (Fsp3) is 0.944.